The molecule has 0 aromatic heterocycles. The van der Waals surface area contributed by atoms with Crippen LogP contribution in [0.25, 0.3) is 11.1 Å². The summed E-state index contributed by atoms with van der Waals surface area (Å²) in [6.07, 6.45) is 0. The zero-order valence-corrected chi connectivity index (χ0v) is 21.0. The lowest BCUT2D eigenvalue weighted by atomic mass is 9.98. The van der Waals surface area contributed by atoms with Crippen molar-refractivity contribution in [2.75, 3.05) is 0 Å². The molecule has 7 heteroatoms. The van der Waals surface area contributed by atoms with Crippen molar-refractivity contribution in [2.45, 2.75) is 52.8 Å². The third-order valence-corrected chi connectivity index (χ3v) is 6.00. The zero-order chi connectivity index (χ0) is 24.9. The molecular weight excluding hydrogens is 450 g/mol. The molecule has 0 saturated carbocycles. The maximum absolute atomic E-state index is 12.4. The number of hydrogen-bond acceptors (Lipinski definition) is 4. The average molecular weight is 482 g/mol. The molecular formula is C27H31NO5S. The third kappa shape index (κ3) is 7.00. The van der Waals surface area contributed by atoms with Crippen molar-refractivity contribution >= 4 is 17.2 Å². The number of carbonyl (C=O) groups excluding carboxylic acids is 1. The molecule has 0 spiro atoms. The van der Waals surface area contributed by atoms with E-state index in [0.29, 0.717) is 0 Å². The van der Waals surface area contributed by atoms with Gasteiger partial charge in [-0.3, -0.25) is 9.35 Å². The Morgan fingerprint density at radius 1 is 1.00 bits per heavy atom. The van der Waals surface area contributed by atoms with Crippen molar-refractivity contribution in [3.05, 3.63) is 83.9 Å². The molecule has 0 heterocycles. The first-order valence-electron chi connectivity index (χ1n) is 11.1. The molecule has 3 rings (SSSR count). The van der Waals surface area contributed by atoms with E-state index >= 15 is 0 Å². The van der Waals surface area contributed by atoms with E-state index in [2.05, 4.69) is 0 Å². The second-order valence-corrected chi connectivity index (χ2v) is 10.0. The first kappa shape index (κ1) is 25.6. The van der Waals surface area contributed by atoms with E-state index in [1.165, 1.54) is 4.31 Å². The molecule has 0 aliphatic heterocycles. The largest absolute Gasteiger partial charge is 0.459 e. The minimum atomic E-state index is -2.33. The Morgan fingerprint density at radius 2 is 1.62 bits per heavy atom. The van der Waals surface area contributed by atoms with E-state index in [9.17, 15) is 13.6 Å². The summed E-state index contributed by atoms with van der Waals surface area (Å²) < 4.78 is 34.2. The second-order valence-electron chi connectivity index (χ2n) is 9.10. The number of aryl methyl sites for hydroxylation is 1. The highest BCUT2D eigenvalue weighted by Gasteiger charge is 2.30. The van der Waals surface area contributed by atoms with E-state index in [0.717, 1.165) is 33.8 Å². The Hall–Kier alpha value is -3.00. The number of rotatable bonds is 8. The van der Waals surface area contributed by atoms with E-state index in [4.69, 9.17) is 9.47 Å². The summed E-state index contributed by atoms with van der Waals surface area (Å²) in [6.45, 7) is 8.99. The lowest BCUT2D eigenvalue weighted by molar-refractivity contribution is -0.159. The van der Waals surface area contributed by atoms with Crippen LogP contribution in [0.4, 0.5) is 0 Å². The van der Waals surface area contributed by atoms with Gasteiger partial charge in [-0.1, -0.05) is 48.5 Å². The fourth-order valence-electron chi connectivity index (χ4n) is 3.49. The summed E-state index contributed by atoms with van der Waals surface area (Å²) >= 11 is -2.33. The summed E-state index contributed by atoms with van der Waals surface area (Å²) in [7, 11) is 0. The molecule has 0 fully saturated rings. The van der Waals surface area contributed by atoms with Crippen molar-refractivity contribution in [3.8, 4) is 22.6 Å². The van der Waals surface area contributed by atoms with Gasteiger partial charge in [0.1, 0.15) is 23.1 Å². The molecule has 34 heavy (non-hydrogen) atoms. The molecule has 2 atom stereocenters. The van der Waals surface area contributed by atoms with E-state index in [1.807, 2.05) is 79.7 Å². The van der Waals surface area contributed by atoms with Crippen LogP contribution >= 0.6 is 0 Å². The van der Waals surface area contributed by atoms with Crippen LogP contribution in [0.2, 0.25) is 0 Å². The van der Waals surface area contributed by atoms with Crippen LogP contribution in [-0.4, -0.2) is 30.7 Å². The van der Waals surface area contributed by atoms with E-state index in [1.54, 1.807) is 27.7 Å². The van der Waals surface area contributed by atoms with Crippen molar-refractivity contribution in [3.63, 3.8) is 0 Å². The Bertz CT molecular complexity index is 1140. The Kier molecular flexibility index (Phi) is 8.25. The van der Waals surface area contributed by atoms with Gasteiger partial charge in [-0.25, -0.2) is 4.21 Å². The van der Waals surface area contributed by atoms with Gasteiger partial charge in [0.25, 0.3) is 0 Å². The lowest BCUT2D eigenvalue weighted by Crippen LogP contribution is -2.42. The highest BCUT2D eigenvalue weighted by molar-refractivity contribution is 7.76. The summed E-state index contributed by atoms with van der Waals surface area (Å²) in [4.78, 5) is 12.4. The average Bonchev–Trinajstić information content (AvgIpc) is 2.77. The van der Waals surface area contributed by atoms with Gasteiger partial charge in [-0.15, -0.1) is 0 Å². The molecule has 0 amide bonds. The Labute approximate surface area is 203 Å². The maximum Gasteiger partial charge on any atom is 0.324 e. The number of nitrogens with zero attached hydrogens (tertiary/aromatic N) is 1. The van der Waals surface area contributed by atoms with Crippen LogP contribution in [-0.2, 0) is 27.3 Å². The van der Waals surface area contributed by atoms with Crippen LogP contribution in [0, 0.1) is 6.92 Å². The minimum Gasteiger partial charge on any atom is -0.459 e. The van der Waals surface area contributed by atoms with Crippen LogP contribution in [0.1, 0.15) is 38.8 Å². The molecule has 180 valence electrons. The highest BCUT2D eigenvalue weighted by atomic mass is 32.2. The molecule has 0 aliphatic carbocycles. The SMILES string of the molecule is Cc1cc(CN(C(C)C(=O)OC(C)(C)C)S(=O)O)ccc1-c1ccc(Oc2ccccc2)cc1. The lowest BCUT2D eigenvalue weighted by Gasteiger charge is -2.27. The normalized spacial score (nSPS) is 13.4. The molecule has 1 N–H and O–H groups in total. The molecule has 3 aromatic rings. The first-order chi connectivity index (χ1) is 16.0. The first-order valence-corrected chi connectivity index (χ1v) is 12.1. The molecule has 6 nitrogen and oxygen atoms in total. The van der Waals surface area contributed by atoms with Gasteiger partial charge >= 0.3 is 5.97 Å². The summed E-state index contributed by atoms with van der Waals surface area (Å²) in [5.41, 5.74) is 3.25. The second kappa shape index (κ2) is 11.0. The quantitative estimate of drug-likeness (QED) is 0.310. The van der Waals surface area contributed by atoms with Gasteiger partial charge in [0, 0.05) is 6.54 Å². The van der Waals surface area contributed by atoms with Crippen LogP contribution < -0.4 is 4.74 Å². The molecule has 0 aliphatic rings. The highest BCUT2D eigenvalue weighted by Crippen LogP contribution is 2.29. The van der Waals surface area contributed by atoms with E-state index in [-0.39, 0.29) is 6.54 Å². The number of para-hydroxylation sites is 1. The Balaban J connectivity index is 1.73. The number of esters is 1. The summed E-state index contributed by atoms with van der Waals surface area (Å²) in [6, 6.07) is 22.4. The van der Waals surface area contributed by atoms with Gasteiger partial charge in [0.05, 0.1) is 0 Å². The van der Waals surface area contributed by atoms with E-state index < -0.39 is 28.9 Å². The van der Waals surface area contributed by atoms with Crippen molar-refractivity contribution < 1.29 is 23.0 Å². The minimum absolute atomic E-state index is 0.133. The van der Waals surface area contributed by atoms with Crippen LogP contribution in [0.15, 0.2) is 72.8 Å². The molecule has 2 unspecified atom stereocenters. The van der Waals surface area contributed by atoms with Crippen LogP contribution in [0.3, 0.4) is 0 Å². The maximum atomic E-state index is 12.4. The fraction of sp³-hybridized carbons (Fsp3) is 0.296. The van der Waals surface area contributed by atoms with Gasteiger partial charge in [0.15, 0.2) is 0 Å². The monoisotopic (exact) mass is 481 g/mol. The summed E-state index contributed by atoms with van der Waals surface area (Å²) in [5, 5.41) is 0. The van der Waals surface area contributed by atoms with Gasteiger partial charge in [-0.05, 0) is 81.1 Å². The predicted molar refractivity (Wildman–Crippen MR) is 135 cm³/mol. The zero-order valence-electron chi connectivity index (χ0n) is 20.1. The number of carbonyl (C=O) groups is 1. The fourth-order valence-corrected chi connectivity index (χ4v) is 4.10. The third-order valence-electron chi connectivity index (χ3n) is 5.15. The molecule has 0 radical (unpaired) electrons. The standard InChI is InChI=1S/C27H31NO5S/c1-19-17-21(18-28(34(30)31)20(2)26(29)33-27(3,4)5)11-16-25(19)22-12-14-24(15-13-22)32-23-9-7-6-8-10-23/h6-17,20H,18H2,1-5H3,(H,30,31). The van der Waals surface area contributed by atoms with Gasteiger partial charge < -0.3 is 9.47 Å². The molecule has 0 saturated heterocycles. The van der Waals surface area contributed by atoms with Gasteiger partial charge in [0.2, 0.25) is 11.3 Å². The van der Waals surface area contributed by atoms with Crippen LogP contribution in [0.5, 0.6) is 11.5 Å². The number of hydrogen-bond donors (Lipinski definition) is 1. The van der Waals surface area contributed by atoms with Crippen molar-refractivity contribution in [1.82, 2.24) is 4.31 Å². The van der Waals surface area contributed by atoms with Gasteiger partial charge in [-0.2, -0.15) is 4.31 Å². The molecule has 0 bridgehead atoms. The van der Waals surface area contributed by atoms with Crippen molar-refractivity contribution in [2.24, 2.45) is 0 Å². The number of benzene rings is 3. The Morgan fingerprint density at radius 3 is 2.18 bits per heavy atom. The number of ether oxygens (including phenoxy) is 2. The predicted octanol–water partition coefficient (Wildman–Crippen LogP) is 6.12. The van der Waals surface area contributed by atoms with Crippen molar-refractivity contribution in [1.29, 1.82) is 0 Å². The smallest absolute Gasteiger partial charge is 0.324 e. The topological polar surface area (TPSA) is 76.1 Å². The molecule has 3 aromatic carbocycles. The summed E-state index contributed by atoms with van der Waals surface area (Å²) in [5.74, 6) is 0.990.